The molecule has 166 valence electrons. The number of amides is 2. The van der Waals surface area contributed by atoms with E-state index in [1.54, 1.807) is 34.1 Å². The summed E-state index contributed by atoms with van der Waals surface area (Å²) >= 11 is 0. The minimum atomic E-state index is -0.692. The maximum absolute atomic E-state index is 12.4. The van der Waals surface area contributed by atoms with Crippen molar-refractivity contribution in [3.05, 3.63) is 72.4 Å². The average Bonchev–Trinajstić information content (AvgIpc) is 3.51. The number of benzene rings is 1. The Hall–Kier alpha value is -3.88. The van der Waals surface area contributed by atoms with Gasteiger partial charge < -0.3 is 19.4 Å². The van der Waals surface area contributed by atoms with Crippen molar-refractivity contribution in [3.8, 4) is 0 Å². The molecule has 0 radical (unpaired) electrons. The van der Waals surface area contributed by atoms with E-state index in [1.807, 2.05) is 30.3 Å². The van der Waals surface area contributed by atoms with Crippen molar-refractivity contribution in [2.24, 2.45) is 5.92 Å². The second-order valence-corrected chi connectivity index (χ2v) is 7.56. The van der Waals surface area contributed by atoms with Crippen LogP contribution in [0.1, 0.15) is 29.2 Å². The fourth-order valence-corrected chi connectivity index (χ4v) is 3.57. The lowest BCUT2D eigenvalue weighted by Gasteiger charge is -2.31. The maximum Gasteiger partial charge on any atom is 0.374 e. The Morgan fingerprint density at radius 1 is 1.06 bits per heavy atom. The van der Waals surface area contributed by atoms with E-state index in [4.69, 9.17) is 9.15 Å². The van der Waals surface area contributed by atoms with Crippen molar-refractivity contribution in [3.63, 3.8) is 0 Å². The first-order valence-electron chi connectivity index (χ1n) is 10.5. The molecule has 1 saturated heterocycles. The van der Waals surface area contributed by atoms with Crippen molar-refractivity contribution >= 4 is 23.5 Å². The van der Waals surface area contributed by atoms with Gasteiger partial charge in [0.05, 0.1) is 6.54 Å². The van der Waals surface area contributed by atoms with Gasteiger partial charge in [0.25, 0.3) is 5.91 Å². The molecule has 0 aliphatic carbocycles. The standard InChI is InChI=1S/C23H24N4O5/c28-21(16-31-23(30)20-8-7-19(32-20)15-27-12-4-11-24-27)26-13-9-17(10-14-26)22(29)25-18-5-2-1-3-6-18/h1-8,11-12,17H,9-10,13-16H2,(H,25,29). The number of furan rings is 1. The SMILES string of the molecule is O=C(OCC(=O)N1CCC(C(=O)Nc2ccccc2)CC1)c1ccc(Cn2cccn2)o1. The maximum atomic E-state index is 12.4. The molecule has 9 nitrogen and oxygen atoms in total. The van der Waals surface area contributed by atoms with Gasteiger partial charge in [-0.2, -0.15) is 5.10 Å². The van der Waals surface area contributed by atoms with Gasteiger partial charge in [0.2, 0.25) is 11.7 Å². The van der Waals surface area contributed by atoms with Crippen molar-refractivity contribution in [1.29, 1.82) is 0 Å². The van der Waals surface area contributed by atoms with Gasteiger partial charge in [-0.25, -0.2) is 4.79 Å². The summed E-state index contributed by atoms with van der Waals surface area (Å²) in [7, 11) is 0. The highest BCUT2D eigenvalue weighted by Gasteiger charge is 2.28. The van der Waals surface area contributed by atoms with Gasteiger partial charge in [-0.1, -0.05) is 18.2 Å². The van der Waals surface area contributed by atoms with Crippen LogP contribution in [0, 0.1) is 5.92 Å². The van der Waals surface area contributed by atoms with Gasteiger partial charge in [0.1, 0.15) is 5.76 Å². The molecule has 1 fully saturated rings. The number of carbonyl (C=O) groups is 3. The lowest BCUT2D eigenvalue weighted by Crippen LogP contribution is -2.43. The van der Waals surface area contributed by atoms with Crippen LogP contribution in [0.4, 0.5) is 5.69 Å². The van der Waals surface area contributed by atoms with Crippen LogP contribution in [0.2, 0.25) is 0 Å². The highest BCUT2D eigenvalue weighted by molar-refractivity contribution is 5.93. The van der Waals surface area contributed by atoms with Crippen molar-refractivity contribution in [2.75, 3.05) is 25.0 Å². The summed E-state index contributed by atoms with van der Waals surface area (Å²) in [6, 6.07) is 14.3. The number of esters is 1. The summed E-state index contributed by atoms with van der Waals surface area (Å²) in [5.74, 6) is -0.582. The molecule has 1 aliphatic heterocycles. The molecule has 0 bridgehead atoms. The molecule has 1 aliphatic rings. The fourth-order valence-electron chi connectivity index (χ4n) is 3.57. The summed E-state index contributed by atoms with van der Waals surface area (Å²) in [5.41, 5.74) is 0.758. The van der Waals surface area contributed by atoms with E-state index in [0.29, 0.717) is 38.2 Å². The number of para-hydroxylation sites is 1. The summed E-state index contributed by atoms with van der Waals surface area (Å²) < 4.78 is 12.3. The van der Waals surface area contributed by atoms with E-state index in [0.717, 1.165) is 5.69 Å². The molecule has 0 unspecified atom stereocenters. The van der Waals surface area contributed by atoms with Gasteiger partial charge in [0.15, 0.2) is 6.61 Å². The third-order valence-electron chi connectivity index (χ3n) is 5.33. The predicted octanol–water partition coefficient (Wildman–Crippen LogP) is 2.56. The van der Waals surface area contributed by atoms with E-state index in [9.17, 15) is 14.4 Å². The van der Waals surface area contributed by atoms with Crippen LogP contribution in [-0.2, 0) is 20.9 Å². The number of ether oxygens (including phenoxy) is 1. The zero-order chi connectivity index (χ0) is 22.3. The smallest absolute Gasteiger partial charge is 0.374 e. The molecule has 32 heavy (non-hydrogen) atoms. The monoisotopic (exact) mass is 436 g/mol. The molecule has 3 heterocycles. The Bertz CT molecular complexity index is 1050. The van der Waals surface area contributed by atoms with Crippen LogP contribution in [0.15, 0.2) is 65.3 Å². The van der Waals surface area contributed by atoms with Crippen LogP contribution in [0.5, 0.6) is 0 Å². The Morgan fingerprint density at radius 2 is 1.84 bits per heavy atom. The summed E-state index contributed by atoms with van der Waals surface area (Å²) in [4.78, 5) is 38.7. The quantitative estimate of drug-likeness (QED) is 0.571. The number of nitrogens with one attached hydrogen (secondary N) is 1. The molecule has 2 aromatic heterocycles. The van der Waals surface area contributed by atoms with Crippen LogP contribution in [0.25, 0.3) is 0 Å². The zero-order valence-electron chi connectivity index (χ0n) is 17.5. The van der Waals surface area contributed by atoms with E-state index in [-0.39, 0.29) is 30.1 Å². The first-order valence-corrected chi connectivity index (χ1v) is 10.5. The van der Waals surface area contributed by atoms with E-state index < -0.39 is 5.97 Å². The number of likely N-dealkylation sites (tertiary alicyclic amines) is 1. The van der Waals surface area contributed by atoms with Crippen molar-refractivity contribution in [1.82, 2.24) is 14.7 Å². The van der Waals surface area contributed by atoms with E-state index in [1.165, 1.54) is 6.07 Å². The largest absolute Gasteiger partial charge is 0.452 e. The topological polar surface area (TPSA) is 107 Å². The lowest BCUT2D eigenvalue weighted by atomic mass is 9.95. The Balaban J connectivity index is 1.20. The Kier molecular flexibility index (Phi) is 6.64. The number of nitrogens with zero attached hydrogens (tertiary/aromatic N) is 3. The van der Waals surface area contributed by atoms with Crippen molar-refractivity contribution < 1.29 is 23.5 Å². The number of hydrogen-bond donors (Lipinski definition) is 1. The first-order chi connectivity index (χ1) is 15.6. The molecule has 4 rings (SSSR count). The number of carbonyl (C=O) groups excluding carboxylic acids is 3. The van der Waals surface area contributed by atoms with Crippen LogP contribution < -0.4 is 5.32 Å². The molecule has 2 amide bonds. The number of rotatable bonds is 7. The van der Waals surface area contributed by atoms with Gasteiger partial charge in [0, 0.05) is 37.1 Å². The van der Waals surface area contributed by atoms with Crippen LogP contribution in [-0.4, -0.2) is 52.2 Å². The third kappa shape index (κ3) is 5.42. The summed E-state index contributed by atoms with van der Waals surface area (Å²) in [5, 5.41) is 6.98. The number of piperidine rings is 1. The summed E-state index contributed by atoms with van der Waals surface area (Å²) in [6.07, 6.45) is 4.57. The van der Waals surface area contributed by atoms with Gasteiger partial charge in [-0.05, 0) is 43.2 Å². The second kappa shape index (κ2) is 9.95. The zero-order valence-corrected chi connectivity index (χ0v) is 17.5. The molecule has 0 saturated carbocycles. The van der Waals surface area contributed by atoms with Crippen molar-refractivity contribution in [2.45, 2.75) is 19.4 Å². The average molecular weight is 436 g/mol. The highest BCUT2D eigenvalue weighted by Crippen LogP contribution is 2.20. The van der Waals surface area contributed by atoms with E-state index >= 15 is 0 Å². The molecule has 0 spiro atoms. The lowest BCUT2D eigenvalue weighted by molar-refractivity contribution is -0.137. The molecule has 3 aromatic rings. The van der Waals surface area contributed by atoms with Gasteiger partial charge in [-0.3, -0.25) is 14.3 Å². The minimum Gasteiger partial charge on any atom is -0.452 e. The van der Waals surface area contributed by atoms with Gasteiger partial charge in [-0.15, -0.1) is 0 Å². The molecular weight excluding hydrogens is 412 g/mol. The molecule has 9 heteroatoms. The second-order valence-electron chi connectivity index (χ2n) is 7.56. The minimum absolute atomic E-state index is 0.0382. The van der Waals surface area contributed by atoms with E-state index in [2.05, 4.69) is 10.4 Å². The van der Waals surface area contributed by atoms with Crippen LogP contribution >= 0.6 is 0 Å². The highest BCUT2D eigenvalue weighted by atomic mass is 16.5. The third-order valence-corrected chi connectivity index (χ3v) is 5.33. The first kappa shape index (κ1) is 21.4. The van der Waals surface area contributed by atoms with Crippen LogP contribution in [0.3, 0.4) is 0 Å². The molecule has 1 N–H and O–H groups in total. The molecule has 1 aromatic carbocycles. The number of anilines is 1. The Labute approximate surface area is 184 Å². The number of aromatic nitrogens is 2. The normalized spacial score (nSPS) is 14.2. The fraction of sp³-hybridized carbons (Fsp3) is 0.304. The molecular formula is C23H24N4O5. The summed E-state index contributed by atoms with van der Waals surface area (Å²) in [6.45, 7) is 0.914. The Morgan fingerprint density at radius 3 is 2.56 bits per heavy atom. The molecule has 0 atom stereocenters. The number of hydrogen-bond acceptors (Lipinski definition) is 6. The van der Waals surface area contributed by atoms with Gasteiger partial charge >= 0.3 is 5.97 Å². The predicted molar refractivity (Wildman–Crippen MR) is 115 cm³/mol.